The summed E-state index contributed by atoms with van der Waals surface area (Å²) in [4.78, 5) is 6.95. The molecule has 2 aromatic heterocycles. The fourth-order valence-electron chi connectivity index (χ4n) is 3.39. The number of likely N-dealkylation sites (tertiary alicyclic amines) is 1. The van der Waals surface area contributed by atoms with E-state index in [-0.39, 0.29) is 5.92 Å². The van der Waals surface area contributed by atoms with Crippen LogP contribution in [0.2, 0.25) is 5.15 Å². The summed E-state index contributed by atoms with van der Waals surface area (Å²) >= 11 is 6.44. The molecule has 0 aromatic carbocycles. The molecule has 138 valence electrons. The molecule has 8 heteroatoms. The zero-order valence-electron chi connectivity index (χ0n) is 15.2. The summed E-state index contributed by atoms with van der Waals surface area (Å²) in [6, 6.07) is 0. The van der Waals surface area contributed by atoms with Gasteiger partial charge in [0.05, 0.1) is 18.2 Å². The van der Waals surface area contributed by atoms with Gasteiger partial charge in [0, 0.05) is 39.2 Å². The molecule has 0 amide bonds. The molecule has 1 atom stereocenters. The van der Waals surface area contributed by atoms with E-state index in [1.165, 1.54) is 0 Å². The molecule has 0 bridgehead atoms. The first-order valence-electron chi connectivity index (χ1n) is 8.86. The molecule has 3 heterocycles. The number of hydrogen-bond donors (Lipinski definition) is 0. The van der Waals surface area contributed by atoms with Gasteiger partial charge in [0.2, 0.25) is 5.89 Å². The van der Waals surface area contributed by atoms with Gasteiger partial charge in [-0.3, -0.25) is 9.58 Å². The Balaban J connectivity index is 1.66. The highest BCUT2D eigenvalue weighted by atomic mass is 35.5. The average molecular weight is 368 g/mol. The third kappa shape index (κ3) is 4.22. The molecule has 3 rings (SSSR count). The Morgan fingerprint density at radius 1 is 1.40 bits per heavy atom. The third-order valence-electron chi connectivity index (χ3n) is 4.74. The molecule has 0 radical (unpaired) electrons. The summed E-state index contributed by atoms with van der Waals surface area (Å²) < 4.78 is 12.3. The minimum Gasteiger partial charge on any atom is -0.384 e. The number of piperidine rings is 1. The molecule has 2 aromatic rings. The van der Waals surface area contributed by atoms with Gasteiger partial charge < -0.3 is 9.26 Å². The van der Waals surface area contributed by atoms with Crippen LogP contribution in [0.15, 0.2) is 4.52 Å². The lowest BCUT2D eigenvalue weighted by molar-refractivity contribution is 0.179. The summed E-state index contributed by atoms with van der Waals surface area (Å²) in [5.74, 6) is 1.74. The Bertz CT molecular complexity index is 699. The van der Waals surface area contributed by atoms with Crippen molar-refractivity contribution in [1.29, 1.82) is 0 Å². The van der Waals surface area contributed by atoms with Gasteiger partial charge in [0.1, 0.15) is 5.15 Å². The van der Waals surface area contributed by atoms with Crippen molar-refractivity contribution >= 4 is 11.6 Å². The van der Waals surface area contributed by atoms with E-state index in [0.717, 1.165) is 67.0 Å². The zero-order valence-corrected chi connectivity index (χ0v) is 15.9. The van der Waals surface area contributed by atoms with E-state index >= 15 is 0 Å². The molecule has 0 saturated carbocycles. The summed E-state index contributed by atoms with van der Waals surface area (Å²) in [5.41, 5.74) is 2.22. The second-order valence-corrected chi connectivity index (χ2v) is 6.92. The highest BCUT2D eigenvalue weighted by Crippen LogP contribution is 2.29. The van der Waals surface area contributed by atoms with Crippen LogP contribution in [0.3, 0.4) is 0 Å². The normalized spacial score (nSPS) is 18.8. The lowest BCUT2D eigenvalue weighted by Gasteiger charge is -2.30. The minimum absolute atomic E-state index is 0.276. The Kier molecular flexibility index (Phi) is 6.09. The van der Waals surface area contributed by atoms with Crippen molar-refractivity contribution in [2.24, 2.45) is 7.05 Å². The maximum Gasteiger partial charge on any atom is 0.231 e. The standard InChI is InChI=1S/C17H26ClN5O2/c1-4-14-13(16(18)22(2)20-14)11-23-8-5-6-12(10-23)17-19-15(21-25-17)7-9-24-3/h12H,4-11H2,1-3H3/t12-/m0/s1. The van der Waals surface area contributed by atoms with Crippen molar-refractivity contribution < 1.29 is 9.26 Å². The maximum absolute atomic E-state index is 6.44. The SMILES string of the molecule is CCc1nn(C)c(Cl)c1CN1CCC[C@H](c2nc(CCOC)no2)C1. The summed E-state index contributed by atoms with van der Waals surface area (Å²) in [6.07, 6.45) is 3.75. The molecule has 0 unspecified atom stereocenters. The van der Waals surface area contributed by atoms with Crippen LogP contribution in [0.5, 0.6) is 0 Å². The summed E-state index contributed by atoms with van der Waals surface area (Å²) in [6.45, 7) is 5.49. The van der Waals surface area contributed by atoms with E-state index in [1.54, 1.807) is 11.8 Å². The van der Waals surface area contributed by atoms with Gasteiger partial charge in [0.25, 0.3) is 0 Å². The van der Waals surface area contributed by atoms with Crippen LogP contribution in [-0.2, 0) is 31.2 Å². The predicted molar refractivity (Wildman–Crippen MR) is 94.7 cm³/mol. The molecular weight excluding hydrogens is 342 g/mol. The highest BCUT2D eigenvalue weighted by Gasteiger charge is 2.27. The Morgan fingerprint density at radius 3 is 3.00 bits per heavy atom. The maximum atomic E-state index is 6.44. The second kappa shape index (κ2) is 8.29. The number of aromatic nitrogens is 4. The Hall–Kier alpha value is -1.44. The van der Waals surface area contributed by atoms with E-state index in [1.807, 2.05) is 7.05 Å². The van der Waals surface area contributed by atoms with Gasteiger partial charge in [0.15, 0.2) is 5.82 Å². The first-order chi connectivity index (χ1) is 12.1. The molecule has 0 spiro atoms. The highest BCUT2D eigenvalue weighted by molar-refractivity contribution is 6.30. The van der Waals surface area contributed by atoms with Gasteiger partial charge >= 0.3 is 0 Å². The molecule has 7 nitrogen and oxygen atoms in total. The lowest BCUT2D eigenvalue weighted by atomic mass is 9.97. The van der Waals surface area contributed by atoms with E-state index in [0.29, 0.717) is 13.0 Å². The number of nitrogens with zero attached hydrogens (tertiary/aromatic N) is 5. The molecule has 1 fully saturated rings. The number of methoxy groups -OCH3 is 1. The topological polar surface area (TPSA) is 69.2 Å². The summed E-state index contributed by atoms with van der Waals surface area (Å²) in [5, 5.41) is 9.31. The van der Waals surface area contributed by atoms with Crippen LogP contribution in [0, 0.1) is 0 Å². The van der Waals surface area contributed by atoms with E-state index < -0.39 is 0 Å². The fourth-order valence-corrected chi connectivity index (χ4v) is 3.60. The molecule has 1 saturated heterocycles. The largest absolute Gasteiger partial charge is 0.384 e. The van der Waals surface area contributed by atoms with E-state index in [4.69, 9.17) is 20.9 Å². The van der Waals surface area contributed by atoms with Gasteiger partial charge in [-0.15, -0.1) is 0 Å². The number of aryl methyl sites for hydroxylation is 2. The monoisotopic (exact) mass is 367 g/mol. The predicted octanol–water partition coefficient (Wildman–Crippen LogP) is 2.59. The van der Waals surface area contributed by atoms with E-state index in [9.17, 15) is 0 Å². The first kappa shape index (κ1) is 18.4. The number of halogens is 1. The van der Waals surface area contributed by atoms with Crippen LogP contribution in [0.25, 0.3) is 0 Å². The zero-order chi connectivity index (χ0) is 17.8. The molecule has 1 aliphatic heterocycles. The van der Waals surface area contributed by atoms with Gasteiger partial charge in [-0.2, -0.15) is 10.1 Å². The molecular formula is C17H26ClN5O2. The second-order valence-electron chi connectivity index (χ2n) is 6.56. The number of hydrogen-bond acceptors (Lipinski definition) is 6. The molecule has 1 aliphatic rings. The number of ether oxygens (including phenoxy) is 1. The van der Waals surface area contributed by atoms with Crippen LogP contribution in [0.1, 0.15) is 48.7 Å². The minimum atomic E-state index is 0.276. The van der Waals surface area contributed by atoms with Gasteiger partial charge in [-0.05, 0) is 25.8 Å². The van der Waals surface area contributed by atoms with Crippen molar-refractivity contribution in [3.63, 3.8) is 0 Å². The van der Waals surface area contributed by atoms with Crippen molar-refractivity contribution in [3.8, 4) is 0 Å². The third-order valence-corrected chi connectivity index (χ3v) is 5.21. The number of rotatable bonds is 7. The lowest BCUT2D eigenvalue weighted by Crippen LogP contribution is -2.34. The van der Waals surface area contributed by atoms with Crippen LogP contribution in [-0.4, -0.2) is 51.6 Å². The van der Waals surface area contributed by atoms with Crippen molar-refractivity contribution in [3.05, 3.63) is 28.1 Å². The van der Waals surface area contributed by atoms with Crippen LogP contribution in [0.4, 0.5) is 0 Å². The molecule has 0 N–H and O–H groups in total. The van der Waals surface area contributed by atoms with E-state index in [2.05, 4.69) is 27.1 Å². The van der Waals surface area contributed by atoms with Crippen LogP contribution >= 0.6 is 11.6 Å². The molecule has 25 heavy (non-hydrogen) atoms. The fraction of sp³-hybridized carbons (Fsp3) is 0.706. The first-order valence-corrected chi connectivity index (χ1v) is 9.24. The summed E-state index contributed by atoms with van der Waals surface area (Å²) in [7, 11) is 3.57. The average Bonchev–Trinajstić information content (AvgIpc) is 3.20. The van der Waals surface area contributed by atoms with Crippen molar-refractivity contribution in [2.75, 3.05) is 26.8 Å². The quantitative estimate of drug-likeness (QED) is 0.749. The van der Waals surface area contributed by atoms with Crippen molar-refractivity contribution in [2.45, 2.75) is 45.1 Å². The smallest absolute Gasteiger partial charge is 0.231 e. The van der Waals surface area contributed by atoms with Gasteiger partial charge in [-0.25, -0.2) is 0 Å². The van der Waals surface area contributed by atoms with Crippen molar-refractivity contribution in [1.82, 2.24) is 24.8 Å². The molecule has 0 aliphatic carbocycles. The Labute approximate surface area is 153 Å². The van der Waals surface area contributed by atoms with Crippen LogP contribution < -0.4 is 0 Å². The Morgan fingerprint density at radius 2 is 2.24 bits per heavy atom. The van der Waals surface area contributed by atoms with Gasteiger partial charge in [-0.1, -0.05) is 23.7 Å².